The minimum absolute atomic E-state index is 0.526. The number of hydrogen-bond donors (Lipinski definition) is 1. The minimum Gasteiger partial charge on any atom is -0.305 e. The Balaban J connectivity index is 1.15. The van der Waals surface area contributed by atoms with Crippen LogP contribution in [0.25, 0.3) is 33.2 Å². The number of rotatable bonds is 6. The molecule has 0 aliphatic rings. The average molecular weight is 502 g/mol. The van der Waals surface area contributed by atoms with Gasteiger partial charge in [-0.1, -0.05) is 33.6 Å². The van der Waals surface area contributed by atoms with E-state index in [-0.39, 0.29) is 0 Å². The molecule has 6 rings (SSSR count). The molecule has 2 aromatic carbocycles. The van der Waals surface area contributed by atoms with E-state index in [1.807, 2.05) is 60.9 Å². The quantitative estimate of drug-likeness (QED) is 0.357. The molecule has 6 aromatic rings. The van der Waals surface area contributed by atoms with Crippen molar-refractivity contribution in [2.24, 2.45) is 0 Å². The van der Waals surface area contributed by atoms with Crippen LogP contribution in [0.4, 0.5) is 0 Å². The first-order chi connectivity index (χ1) is 17.1. The molecular formula is C24H17Cl2N9. The molecule has 0 spiro atoms. The molecule has 0 amide bonds. The molecule has 0 saturated carbocycles. The minimum atomic E-state index is 0.526. The van der Waals surface area contributed by atoms with Crippen LogP contribution in [0.15, 0.2) is 73.3 Å². The normalized spacial score (nSPS) is 11.5. The lowest BCUT2D eigenvalue weighted by Crippen LogP contribution is -2.13. The molecule has 0 saturated heterocycles. The highest BCUT2D eigenvalue weighted by Crippen LogP contribution is 2.24. The van der Waals surface area contributed by atoms with Crippen LogP contribution in [0.5, 0.6) is 0 Å². The van der Waals surface area contributed by atoms with Gasteiger partial charge in [-0.15, -0.1) is 10.2 Å². The second-order valence-corrected chi connectivity index (χ2v) is 8.77. The molecule has 4 aromatic heterocycles. The third-order valence-electron chi connectivity index (χ3n) is 5.55. The van der Waals surface area contributed by atoms with E-state index in [9.17, 15) is 0 Å². The highest BCUT2D eigenvalue weighted by atomic mass is 35.5. The molecule has 0 radical (unpaired) electrons. The Morgan fingerprint density at radius 2 is 1.14 bits per heavy atom. The molecule has 4 heterocycles. The molecule has 0 fully saturated rings. The van der Waals surface area contributed by atoms with Gasteiger partial charge < -0.3 is 5.32 Å². The zero-order valence-corrected chi connectivity index (χ0v) is 19.7. The summed E-state index contributed by atoms with van der Waals surface area (Å²) in [5, 5.41) is 23.7. The van der Waals surface area contributed by atoms with Crippen LogP contribution in [-0.4, -0.2) is 40.0 Å². The molecule has 35 heavy (non-hydrogen) atoms. The number of nitrogens with zero attached hydrogens (tertiary/aromatic N) is 8. The summed E-state index contributed by atoms with van der Waals surface area (Å²) in [4.78, 5) is 8.76. The fourth-order valence-corrected chi connectivity index (χ4v) is 4.26. The van der Waals surface area contributed by atoms with Gasteiger partial charge in [0.15, 0.2) is 0 Å². The predicted molar refractivity (Wildman–Crippen MR) is 134 cm³/mol. The zero-order chi connectivity index (χ0) is 23.8. The molecule has 0 unspecified atom stereocenters. The van der Waals surface area contributed by atoms with E-state index < -0.39 is 0 Å². The molecule has 11 heteroatoms. The summed E-state index contributed by atoms with van der Waals surface area (Å²) in [7, 11) is 0. The van der Waals surface area contributed by atoms with Gasteiger partial charge in [0, 0.05) is 46.3 Å². The van der Waals surface area contributed by atoms with Crippen molar-refractivity contribution in [3.8, 4) is 11.4 Å². The maximum absolute atomic E-state index is 6.09. The summed E-state index contributed by atoms with van der Waals surface area (Å²) >= 11 is 12.2. The Bertz CT molecular complexity index is 1550. The van der Waals surface area contributed by atoms with E-state index in [1.165, 1.54) is 0 Å². The van der Waals surface area contributed by atoms with Crippen LogP contribution < -0.4 is 5.32 Å². The van der Waals surface area contributed by atoms with Gasteiger partial charge in [-0.05, 0) is 48.5 Å². The number of aromatic nitrogens is 8. The Labute approximate surface area is 209 Å². The standard InChI is InChI=1S/C24H17Cl2N9/c25-15-1-3-19-21(9-15)28-7-5-23(19)34-13-17(30-32-34)11-27-12-18-14-35(33-31-18)24-6-8-29-22-10-16(26)2-4-20(22)24/h1-10,13-14,27H,11-12H2. The van der Waals surface area contributed by atoms with Gasteiger partial charge in [0.1, 0.15) is 0 Å². The first kappa shape index (κ1) is 21.6. The fraction of sp³-hybridized carbons (Fsp3) is 0.0833. The molecule has 172 valence electrons. The number of benzene rings is 2. The molecular weight excluding hydrogens is 485 g/mol. The third-order valence-corrected chi connectivity index (χ3v) is 6.02. The van der Waals surface area contributed by atoms with E-state index in [4.69, 9.17) is 23.2 Å². The molecule has 9 nitrogen and oxygen atoms in total. The summed E-state index contributed by atoms with van der Waals surface area (Å²) in [6, 6.07) is 15.0. The van der Waals surface area contributed by atoms with Crippen LogP contribution in [0.2, 0.25) is 10.0 Å². The van der Waals surface area contributed by atoms with Gasteiger partial charge in [0.05, 0.1) is 46.2 Å². The predicted octanol–water partition coefficient (Wildman–Crippen LogP) is 4.54. The lowest BCUT2D eigenvalue weighted by molar-refractivity contribution is 0.662. The number of halogens is 2. The van der Waals surface area contributed by atoms with Gasteiger partial charge >= 0.3 is 0 Å². The highest BCUT2D eigenvalue weighted by Gasteiger charge is 2.10. The van der Waals surface area contributed by atoms with Crippen LogP contribution in [-0.2, 0) is 13.1 Å². The highest BCUT2D eigenvalue weighted by molar-refractivity contribution is 6.31. The smallest absolute Gasteiger partial charge is 0.0969 e. The maximum Gasteiger partial charge on any atom is 0.0969 e. The fourth-order valence-electron chi connectivity index (χ4n) is 3.92. The third kappa shape index (κ3) is 4.32. The van der Waals surface area contributed by atoms with Gasteiger partial charge in [-0.25, -0.2) is 9.36 Å². The molecule has 0 atom stereocenters. The number of fused-ring (bicyclic) bond motifs is 2. The average Bonchev–Trinajstić information content (AvgIpc) is 3.53. The van der Waals surface area contributed by atoms with Gasteiger partial charge in [-0.2, -0.15) is 0 Å². The van der Waals surface area contributed by atoms with Crippen molar-refractivity contribution in [1.82, 2.24) is 45.3 Å². The van der Waals surface area contributed by atoms with Crippen LogP contribution in [0.3, 0.4) is 0 Å². The van der Waals surface area contributed by atoms with Crippen molar-refractivity contribution in [1.29, 1.82) is 0 Å². The van der Waals surface area contributed by atoms with E-state index in [2.05, 4.69) is 35.9 Å². The largest absolute Gasteiger partial charge is 0.305 e. The Morgan fingerprint density at radius 3 is 1.63 bits per heavy atom. The van der Waals surface area contributed by atoms with Crippen LogP contribution in [0, 0.1) is 0 Å². The lowest BCUT2D eigenvalue weighted by Gasteiger charge is -2.05. The number of nitrogens with one attached hydrogen (secondary N) is 1. The Hall–Kier alpha value is -3.92. The molecule has 0 aliphatic heterocycles. The van der Waals surface area contributed by atoms with Crippen molar-refractivity contribution in [2.75, 3.05) is 0 Å². The van der Waals surface area contributed by atoms with Crippen molar-refractivity contribution >= 4 is 45.0 Å². The topological polar surface area (TPSA) is 99.2 Å². The van der Waals surface area contributed by atoms with E-state index in [0.717, 1.165) is 44.6 Å². The first-order valence-corrected chi connectivity index (χ1v) is 11.5. The second kappa shape index (κ2) is 9.03. The zero-order valence-electron chi connectivity index (χ0n) is 18.2. The SMILES string of the molecule is Clc1ccc2c(-n3cc(CNCc4cn(-c5ccnc6cc(Cl)ccc56)nn4)nn3)ccnc2c1. The lowest BCUT2D eigenvalue weighted by atomic mass is 10.2. The maximum atomic E-state index is 6.09. The molecule has 1 N–H and O–H groups in total. The molecule has 0 bridgehead atoms. The molecule has 0 aliphatic carbocycles. The van der Waals surface area contributed by atoms with E-state index in [0.29, 0.717) is 23.1 Å². The van der Waals surface area contributed by atoms with E-state index in [1.54, 1.807) is 21.8 Å². The van der Waals surface area contributed by atoms with Crippen molar-refractivity contribution in [2.45, 2.75) is 13.1 Å². The first-order valence-electron chi connectivity index (χ1n) is 10.8. The summed E-state index contributed by atoms with van der Waals surface area (Å²) < 4.78 is 3.48. The summed E-state index contributed by atoms with van der Waals surface area (Å²) in [5.74, 6) is 0. The van der Waals surface area contributed by atoms with Crippen molar-refractivity contribution < 1.29 is 0 Å². The Morgan fingerprint density at radius 1 is 0.657 bits per heavy atom. The summed E-state index contributed by atoms with van der Waals surface area (Å²) in [6.45, 7) is 1.05. The number of hydrogen-bond acceptors (Lipinski definition) is 7. The van der Waals surface area contributed by atoms with Gasteiger partial charge in [-0.3, -0.25) is 9.97 Å². The Kier molecular flexibility index (Phi) is 5.57. The van der Waals surface area contributed by atoms with E-state index >= 15 is 0 Å². The van der Waals surface area contributed by atoms with Crippen LogP contribution >= 0.6 is 23.2 Å². The summed E-state index contributed by atoms with van der Waals surface area (Å²) in [6.07, 6.45) is 7.25. The van der Waals surface area contributed by atoms with Crippen molar-refractivity contribution in [3.05, 3.63) is 94.8 Å². The van der Waals surface area contributed by atoms with Gasteiger partial charge in [0.25, 0.3) is 0 Å². The van der Waals surface area contributed by atoms with Gasteiger partial charge in [0.2, 0.25) is 0 Å². The van der Waals surface area contributed by atoms with Crippen LogP contribution in [0.1, 0.15) is 11.4 Å². The number of pyridine rings is 2. The summed E-state index contributed by atoms with van der Waals surface area (Å²) in [5.41, 5.74) is 4.98. The van der Waals surface area contributed by atoms with Crippen molar-refractivity contribution in [3.63, 3.8) is 0 Å². The second-order valence-electron chi connectivity index (χ2n) is 7.90. The monoisotopic (exact) mass is 501 g/mol.